The molecule has 4 rings (SSSR count). The molecule has 168 valence electrons. The first-order chi connectivity index (χ1) is 14.7. The van der Waals surface area contributed by atoms with Crippen LogP contribution < -0.4 is 0 Å². The molecule has 2 heterocycles. The van der Waals surface area contributed by atoms with Gasteiger partial charge in [0, 0.05) is 36.5 Å². The van der Waals surface area contributed by atoms with Gasteiger partial charge >= 0.3 is 0 Å². The van der Waals surface area contributed by atoms with Gasteiger partial charge in [-0.05, 0) is 61.4 Å². The average molecular weight is 423 g/mol. The molecule has 2 aliphatic rings. The zero-order valence-electron chi connectivity index (χ0n) is 19.6. The summed E-state index contributed by atoms with van der Waals surface area (Å²) in [4.78, 5) is 6.78. The van der Waals surface area contributed by atoms with E-state index in [1.807, 2.05) is 12.4 Å². The summed E-state index contributed by atoms with van der Waals surface area (Å²) in [6, 6.07) is 10.6. The highest BCUT2D eigenvalue weighted by atomic mass is 16.3. The van der Waals surface area contributed by atoms with Gasteiger partial charge in [0.25, 0.3) is 0 Å². The van der Waals surface area contributed by atoms with Crippen molar-refractivity contribution in [2.24, 2.45) is 5.41 Å². The maximum Gasteiger partial charge on any atom is 0.124 e. The molecule has 2 N–H and O–H groups in total. The van der Waals surface area contributed by atoms with Crippen LogP contribution in [0.15, 0.2) is 42.7 Å². The SMILES string of the molecule is CC(C)c1ccc([C@](O)(c2cncc(CCC3(O)CCCC3)c2)C2(C)CN(C)C2)cc1. The summed E-state index contributed by atoms with van der Waals surface area (Å²) in [5.41, 5.74) is 2.23. The number of aryl methyl sites for hydroxylation is 1. The molecule has 2 aromatic rings. The second kappa shape index (κ2) is 8.31. The molecular weight excluding hydrogens is 384 g/mol. The van der Waals surface area contributed by atoms with Crippen LogP contribution in [0.1, 0.15) is 81.0 Å². The Morgan fingerprint density at radius 3 is 2.29 bits per heavy atom. The summed E-state index contributed by atoms with van der Waals surface area (Å²) >= 11 is 0. The molecule has 1 saturated heterocycles. The number of aromatic nitrogens is 1. The highest BCUT2D eigenvalue weighted by Crippen LogP contribution is 2.50. The van der Waals surface area contributed by atoms with E-state index < -0.39 is 11.2 Å². The Hall–Kier alpha value is -1.75. The van der Waals surface area contributed by atoms with Crippen LogP contribution in [0.3, 0.4) is 0 Å². The fourth-order valence-corrected chi connectivity index (χ4v) is 5.83. The molecule has 1 aromatic carbocycles. The van der Waals surface area contributed by atoms with Crippen molar-refractivity contribution in [2.45, 2.75) is 76.4 Å². The number of hydrogen-bond acceptors (Lipinski definition) is 4. The number of benzene rings is 1. The number of aliphatic hydroxyl groups is 2. The van der Waals surface area contributed by atoms with E-state index in [0.29, 0.717) is 5.92 Å². The van der Waals surface area contributed by atoms with E-state index in [1.54, 1.807) is 0 Å². The van der Waals surface area contributed by atoms with E-state index in [2.05, 4.69) is 68.0 Å². The van der Waals surface area contributed by atoms with Crippen molar-refractivity contribution in [2.75, 3.05) is 20.1 Å². The minimum atomic E-state index is -1.11. The maximum atomic E-state index is 12.3. The minimum Gasteiger partial charge on any atom is -0.390 e. The van der Waals surface area contributed by atoms with E-state index in [0.717, 1.165) is 68.3 Å². The minimum absolute atomic E-state index is 0.287. The van der Waals surface area contributed by atoms with Crippen molar-refractivity contribution < 1.29 is 10.2 Å². The molecule has 1 aliphatic heterocycles. The van der Waals surface area contributed by atoms with Crippen LogP contribution >= 0.6 is 0 Å². The van der Waals surface area contributed by atoms with Gasteiger partial charge in [-0.1, -0.05) is 57.9 Å². The third-order valence-corrected chi connectivity index (χ3v) is 7.73. The molecule has 0 unspecified atom stereocenters. The summed E-state index contributed by atoms with van der Waals surface area (Å²) in [5.74, 6) is 0.457. The van der Waals surface area contributed by atoms with Gasteiger partial charge in [0.2, 0.25) is 0 Å². The molecule has 4 heteroatoms. The Morgan fingerprint density at radius 2 is 1.71 bits per heavy atom. The first kappa shape index (κ1) is 22.4. The fraction of sp³-hybridized carbons (Fsp3) is 0.593. The van der Waals surface area contributed by atoms with Crippen molar-refractivity contribution >= 4 is 0 Å². The van der Waals surface area contributed by atoms with Crippen molar-refractivity contribution in [3.8, 4) is 0 Å². The Balaban J connectivity index is 1.67. The summed E-state index contributed by atoms with van der Waals surface area (Å²) in [5, 5.41) is 23.1. The predicted octanol–water partition coefficient (Wildman–Crippen LogP) is 4.63. The zero-order valence-corrected chi connectivity index (χ0v) is 19.6. The molecule has 2 fully saturated rings. The van der Waals surface area contributed by atoms with Crippen LogP contribution in [0, 0.1) is 5.41 Å². The van der Waals surface area contributed by atoms with Crippen LogP contribution in [0.25, 0.3) is 0 Å². The maximum absolute atomic E-state index is 12.3. The lowest BCUT2D eigenvalue weighted by molar-refractivity contribution is -0.127. The summed E-state index contributed by atoms with van der Waals surface area (Å²) in [6.45, 7) is 8.22. The van der Waals surface area contributed by atoms with Gasteiger partial charge < -0.3 is 15.1 Å². The molecule has 4 nitrogen and oxygen atoms in total. The van der Waals surface area contributed by atoms with Crippen molar-refractivity contribution in [1.82, 2.24) is 9.88 Å². The van der Waals surface area contributed by atoms with Crippen LogP contribution in [-0.2, 0) is 12.0 Å². The fourth-order valence-electron chi connectivity index (χ4n) is 5.83. The number of rotatable bonds is 7. The molecule has 1 atom stereocenters. The Bertz CT molecular complexity index is 896. The predicted molar refractivity (Wildman–Crippen MR) is 125 cm³/mol. The summed E-state index contributed by atoms with van der Waals surface area (Å²) in [7, 11) is 2.10. The second-order valence-corrected chi connectivity index (χ2v) is 10.7. The number of likely N-dealkylation sites (tertiary alicyclic amines) is 1. The van der Waals surface area contributed by atoms with E-state index >= 15 is 0 Å². The number of hydrogen-bond donors (Lipinski definition) is 2. The summed E-state index contributed by atoms with van der Waals surface area (Å²) < 4.78 is 0. The lowest BCUT2D eigenvalue weighted by Gasteiger charge is -2.56. The second-order valence-electron chi connectivity index (χ2n) is 10.7. The first-order valence-electron chi connectivity index (χ1n) is 11.8. The van der Waals surface area contributed by atoms with Crippen molar-refractivity contribution in [3.05, 3.63) is 65.0 Å². The third kappa shape index (κ3) is 4.18. The standard InChI is InChI=1S/C27H38N2O2/c1-20(2)22-7-9-23(10-8-22)27(31,25(3)18-29(4)19-25)24-15-21(16-28-17-24)11-14-26(30)12-5-6-13-26/h7-10,15-17,20,30-31H,5-6,11-14,18-19H2,1-4H3/t27-/m0/s1. The largest absolute Gasteiger partial charge is 0.390 e. The molecule has 31 heavy (non-hydrogen) atoms. The van der Waals surface area contributed by atoms with E-state index in [9.17, 15) is 10.2 Å². The molecule has 1 aromatic heterocycles. The number of pyridine rings is 1. The van der Waals surface area contributed by atoms with Gasteiger partial charge in [-0.25, -0.2) is 0 Å². The van der Waals surface area contributed by atoms with Gasteiger partial charge in [0.1, 0.15) is 5.60 Å². The lowest BCUT2D eigenvalue weighted by Crippen LogP contribution is -2.63. The van der Waals surface area contributed by atoms with E-state index in [4.69, 9.17) is 0 Å². The van der Waals surface area contributed by atoms with Gasteiger partial charge in [0.15, 0.2) is 0 Å². The molecule has 1 saturated carbocycles. The molecule has 0 bridgehead atoms. The zero-order chi connectivity index (χ0) is 22.3. The van der Waals surface area contributed by atoms with Crippen molar-refractivity contribution in [3.63, 3.8) is 0 Å². The molecule has 0 radical (unpaired) electrons. The lowest BCUT2D eigenvalue weighted by atomic mass is 9.62. The summed E-state index contributed by atoms with van der Waals surface area (Å²) in [6.07, 6.45) is 9.30. The van der Waals surface area contributed by atoms with Gasteiger partial charge in [-0.2, -0.15) is 0 Å². The van der Waals surface area contributed by atoms with E-state index in [-0.39, 0.29) is 5.41 Å². The smallest absolute Gasteiger partial charge is 0.124 e. The normalized spacial score (nSPS) is 22.3. The van der Waals surface area contributed by atoms with Gasteiger partial charge in [-0.3, -0.25) is 4.98 Å². The molecular formula is C27H38N2O2. The highest BCUT2D eigenvalue weighted by Gasteiger charge is 2.55. The van der Waals surface area contributed by atoms with Crippen molar-refractivity contribution in [1.29, 1.82) is 0 Å². The van der Waals surface area contributed by atoms with Crippen LogP contribution in [0.2, 0.25) is 0 Å². The van der Waals surface area contributed by atoms with Crippen LogP contribution in [0.4, 0.5) is 0 Å². The quantitative estimate of drug-likeness (QED) is 0.683. The Labute approximate surface area is 187 Å². The van der Waals surface area contributed by atoms with Gasteiger partial charge in [0.05, 0.1) is 5.60 Å². The highest BCUT2D eigenvalue weighted by molar-refractivity contribution is 5.42. The molecule has 0 spiro atoms. The monoisotopic (exact) mass is 422 g/mol. The number of nitrogens with zero attached hydrogens (tertiary/aromatic N) is 2. The third-order valence-electron chi connectivity index (χ3n) is 7.73. The Kier molecular flexibility index (Phi) is 6.01. The van der Waals surface area contributed by atoms with E-state index in [1.165, 1.54) is 5.56 Å². The molecule has 0 amide bonds. The van der Waals surface area contributed by atoms with Gasteiger partial charge in [-0.15, -0.1) is 0 Å². The Morgan fingerprint density at radius 1 is 1.06 bits per heavy atom. The van der Waals surface area contributed by atoms with Crippen LogP contribution in [-0.4, -0.2) is 45.8 Å². The first-order valence-corrected chi connectivity index (χ1v) is 11.8. The average Bonchev–Trinajstić information content (AvgIpc) is 3.17. The molecule has 1 aliphatic carbocycles. The topological polar surface area (TPSA) is 56.6 Å². The van der Waals surface area contributed by atoms with Crippen LogP contribution in [0.5, 0.6) is 0 Å².